The average Bonchev–Trinajstić information content (AvgIpc) is 2.61. The number of ether oxygens (including phenoxy) is 1. The predicted octanol–water partition coefficient (Wildman–Crippen LogP) is 2.59. The molecule has 3 aromatic rings. The maximum Gasteiger partial charge on any atom is 0.331 e. The van der Waals surface area contributed by atoms with Crippen LogP contribution in [0.2, 0.25) is 0 Å². The summed E-state index contributed by atoms with van der Waals surface area (Å²) in [7, 11) is 1.50. The molecule has 130 valence electrons. The minimum atomic E-state index is -0.495. The number of anilines is 1. The molecular weight excluding hydrogens is 338 g/mol. The van der Waals surface area contributed by atoms with Crippen LogP contribution in [0.25, 0.3) is 10.8 Å². The Morgan fingerprint density at radius 1 is 1.20 bits per heavy atom. The standard InChI is InChI=1S/C18H19N3O3S/c1-3-12-16(22)20-18(23)21(10-24-2)17(12)25-14-9-8-11-6-4-5-7-13(11)15(14)19/h4-9H,3,10,19H2,1-2H3,(H,20,22,23). The molecule has 0 radical (unpaired) electrons. The first-order valence-electron chi connectivity index (χ1n) is 7.86. The molecule has 0 unspecified atom stereocenters. The van der Waals surface area contributed by atoms with Crippen molar-refractivity contribution in [2.45, 2.75) is 30.0 Å². The van der Waals surface area contributed by atoms with Gasteiger partial charge in [-0.2, -0.15) is 0 Å². The number of nitrogens with two attached hydrogens (primary N) is 1. The average molecular weight is 357 g/mol. The Labute approximate surface area is 148 Å². The third kappa shape index (κ3) is 3.20. The van der Waals surface area contributed by atoms with Crippen molar-refractivity contribution in [3.8, 4) is 0 Å². The Morgan fingerprint density at radius 3 is 2.68 bits per heavy atom. The van der Waals surface area contributed by atoms with E-state index in [1.54, 1.807) is 0 Å². The highest BCUT2D eigenvalue weighted by molar-refractivity contribution is 7.99. The lowest BCUT2D eigenvalue weighted by atomic mass is 10.1. The Kier molecular flexibility index (Phi) is 4.96. The van der Waals surface area contributed by atoms with E-state index in [1.165, 1.54) is 23.4 Å². The van der Waals surface area contributed by atoms with Gasteiger partial charge in [0.25, 0.3) is 5.56 Å². The minimum absolute atomic E-state index is 0.0540. The SMILES string of the molecule is CCc1c(Sc2ccc3ccccc3c2N)n(COC)c(=O)[nH]c1=O. The monoisotopic (exact) mass is 357 g/mol. The number of nitrogens with one attached hydrogen (secondary N) is 1. The highest BCUT2D eigenvalue weighted by Gasteiger charge is 2.16. The van der Waals surface area contributed by atoms with Gasteiger partial charge < -0.3 is 10.5 Å². The van der Waals surface area contributed by atoms with Crippen molar-refractivity contribution in [1.82, 2.24) is 9.55 Å². The second-order valence-electron chi connectivity index (χ2n) is 5.54. The first-order valence-corrected chi connectivity index (χ1v) is 8.68. The summed E-state index contributed by atoms with van der Waals surface area (Å²) in [4.78, 5) is 27.5. The Hall–Kier alpha value is -2.51. The predicted molar refractivity (Wildman–Crippen MR) is 100 cm³/mol. The molecule has 7 heteroatoms. The molecule has 0 amide bonds. The molecule has 0 bridgehead atoms. The first kappa shape index (κ1) is 17.3. The van der Waals surface area contributed by atoms with Crippen LogP contribution in [0, 0.1) is 0 Å². The molecule has 0 atom stereocenters. The number of H-pyrrole nitrogens is 1. The third-order valence-electron chi connectivity index (χ3n) is 3.99. The zero-order valence-corrected chi connectivity index (χ0v) is 14.9. The lowest BCUT2D eigenvalue weighted by molar-refractivity contribution is 0.119. The molecule has 3 rings (SSSR count). The number of fused-ring (bicyclic) bond motifs is 1. The van der Waals surface area contributed by atoms with Gasteiger partial charge in [0, 0.05) is 23.0 Å². The molecule has 2 aromatic carbocycles. The molecule has 3 N–H and O–H groups in total. The van der Waals surface area contributed by atoms with E-state index in [-0.39, 0.29) is 12.3 Å². The van der Waals surface area contributed by atoms with Crippen LogP contribution < -0.4 is 17.0 Å². The topological polar surface area (TPSA) is 90.1 Å². The maximum absolute atomic E-state index is 12.2. The van der Waals surface area contributed by atoms with E-state index in [9.17, 15) is 9.59 Å². The number of aromatic nitrogens is 2. The van der Waals surface area contributed by atoms with Crippen LogP contribution >= 0.6 is 11.8 Å². The summed E-state index contributed by atoms with van der Waals surface area (Å²) in [6.07, 6.45) is 0.495. The Morgan fingerprint density at radius 2 is 1.96 bits per heavy atom. The van der Waals surface area contributed by atoms with Crippen molar-refractivity contribution >= 4 is 28.2 Å². The van der Waals surface area contributed by atoms with E-state index in [0.717, 1.165) is 15.7 Å². The maximum atomic E-state index is 12.2. The molecular formula is C18H19N3O3S. The highest BCUT2D eigenvalue weighted by Crippen LogP contribution is 2.36. The van der Waals surface area contributed by atoms with Crippen molar-refractivity contribution in [2.75, 3.05) is 12.8 Å². The normalized spacial score (nSPS) is 11.1. The van der Waals surface area contributed by atoms with Crippen LogP contribution in [0.3, 0.4) is 0 Å². The van der Waals surface area contributed by atoms with Gasteiger partial charge in [-0.05, 0) is 17.9 Å². The summed E-state index contributed by atoms with van der Waals surface area (Å²) < 4.78 is 6.54. The zero-order valence-electron chi connectivity index (χ0n) is 14.0. The van der Waals surface area contributed by atoms with Gasteiger partial charge in [0.15, 0.2) is 0 Å². The summed E-state index contributed by atoms with van der Waals surface area (Å²) >= 11 is 1.31. The summed E-state index contributed by atoms with van der Waals surface area (Å²) in [5.41, 5.74) is 6.63. The molecule has 0 aliphatic rings. The quantitative estimate of drug-likeness (QED) is 0.541. The fraction of sp³-hybridized carbons (Fsp3) is 0.222. The van der Waals surface area contributed by atoms with E-state index in [4.69, 9.17) is 10.5 Å². The number of methoxy groups -OCH3 is 1. The molecule has 0 saturated heterocycles. The van der Waals surface area contributed by atoms with Crippen LogP contribution in [0.5, 0.6) is 0 Å². The molecule has 0 aliphatic carbocycles. The van der Waals surface area contributed by atoms with Gasteiger partial charge in [-0.25, -0.2) is 4.79 Å². The first-order chi connectivity index (χ1) is 12.1. The van der Waals surface area contributed by atoms with E-state index >= 15 is 0 Å². The van der Waals surface area contributed by atoms with Crippen LogP contribution in [0.1, 0.15) is 12.5 Å². The summed E-state index contributed by atoms with van der Waals surface area (Å²) in [6, 6.07) is 11.7. The van der Waals surface area contributed by atoms with Crippen molar-refractivity contribution in [1.29, 1.82) is 0 Å². The van der Waals surface area contributed by atoms with E-state index in [0.29, 0.717) is 22.7 Å². The van der Waals surface area contributed by atoms with Crippen molar-refractivity contribution in [2.24, 2.45) is 0 Å². The van der Waals surface area contributed by atoms with E-state index in [2.05, 4.69) is 4.98 Å². The molecule has 25 heavy (non-hydrogen) atoms. The fourth-order valence-corrected chi connectivity index (χ4v) is 3.91. The van der Waals surface area contributed by atoms with Gasteiger partial charge in [0.1, 0.15) is 6.73 Å². The summed E-state index contributed by atoms with van der Waals surface area (Å²) in [5, 5.41) is 2.54. The van der Waals surface area contributed by atoms with Crippen molar-refractivity contribution in [3.63, 3.8) is 0 Å². The zero-order chi connectivity index (χ0) is 18.0. The number of aromatic amines is 1. The molecule has 1 heterocycles. The molecule has 0 saturated carbocycles. The smallest absolute Gasteiger partial charge is 0.331 e. The fourth-order valence-electron chi connectivity index (χ4n) is 2.74. The number of hydrogen-bond acceptors (Lipinski definition) is 5. The summed E-state index contributed by atoms with van der Waals surface area (Å²) in [6.45, 7) is 1.93. The van der Waals surface area contributed by atoms with Crippen LogP contribution in [0.4, 0.5) is 5.69 Å². The van der Waals surface area contributed by atoms with Crippen molar-refractivity contribution in [3.05, 3.63) is 62.8 Å². The summed E-state index contributed by atoms with van der Waals surface area (Å²) in [5.74, 6) is 0. The Balaban J connectivity index is 2.19. The van der Waals surface area contributed by atoms with Gasteiger partial charge in [-0.1, -0.05) is 49.0 Å². The number of hydrogen-bond donors (Lipinski definition) is 2. The van der Waals surface area contributed by atoms with Gasteiger partial charge >= 0.3 is 5.69 Å². The number of nitrogens with zero attached hydrogens (tertiary/aromatic N) is 1. The van der Waals surface area contributed by atoms with Gasteiger partial charge in [-0.15, -0.1) is 0 Å². The largest absolute Gasteiger partial charge is 0.397 e. The Bertz CT molecular complexity index is 1040. The number of rotatable bonds is 5. The molecule has 6 nitrogen and oxygen atoms in total. The molecule has 1 aromatic heterocycles. The van der Waals surface area contributed by atoms with E-state index in [1.807, 2.05) is 43.3 Å². The number of benzene rings is 2. The van der Waals surface area contributed by atoms with Gasteiger partial charge in [0.05, 0.1) is 10.7 Å². The number of nitrogen functional groups attached to an aromatic ring is 1. The lowest BCUT2D eigenvalue weighted by Crippen LogP contribution is -2.34. The molecule has 0 fully saturated rings. The van der Waals surface area contributed by atoms with Crippen molar-refractivity contribution < 1.29 is 4.74 Å². The molecule has 0 spiro atoms. The van der Waals surface area contributed by atoms with Crippen LogP contribution in [-0.4, -0.2) is 16.7 Å². The van der Waals surface area contributed by atoms with Gasteiger partial charge in [-0.3, -0.25) is 14.3 Å². The second-order valence-corrected chi connectivity index (χ2v) is 6.57. The van der Waals surface area contributed by atoms with Gasteiger partial charge in [0.2, 0.25) is 0 Å². The second kappa shape index (κ2) is 7.16. The third-order valence-corrected chi connectivity index (χ3v) is 5.23. The molecule has 0 aliphatic heterocycles. The highest BCUT2D eigenvalue weighted by atomic mass is 32.2. The van der Waals surface area contributed by atoms with Crippen LogP contribution in [-0.2, 0) is 17.9 Å². The minimum Gasteiger partial charge on any atom is -0.397 e. The lowest BCUT2D eigenvalue weighted by Gasteiger charge is -2.16. The van der Waals surface area contributed by atoms with Crippen LogP contribution in [0.15, 0.2) is 55.9 Å². The van der Waals surface area contributed by atoms with E-state index < -0.39 is 5.69 Å².